The fraction of sp³-hybridized carbons (Fsp3) is 0.200. The minimum absolute atomic E-state index is 0.783. The molecular formula is C15H16N4. The summed E-state index contributed by atoms with van der Waals surface area (Å²) in [5, 5.41) is 0. The Bertz CT molecular complexity index is 627. The van der Waals surface area contributed by atoms with Crippen LogP contribution in [0.3, 0.4) is 0 Å². The monoisotopic (exact) mass is 252 g/mol. The molecule has 1 N–H and O–H groups in total. The largest absolute Gasteiger partial charge is 0.341 e. The topological polar surface area (TPSA) is 44.8 Å². The second kappa shape index (κ2) is 5.20. The number of nitrogens with one attached hydrogen (secondary N) is 1. The van der Waals surface area contributed by atoms with Gasteiger partial charge in [0, 0.05) is 12.7 Å². The van der Waals surface area contributed by atoms with Crippen LogP contribution in [-0.4, -0.2) is 26.9 Å². The molecule has 0 atom stereocenters. The van der Waals surface area contributed by atoms with E-state index >= 15 is 0 Å². The number of hydrogen-bond donors (Lipinski definition) is 1. The van der Waals surface area contributed by atoms with Gasteiger partial charge in [0.2, 0.25) is 0 Å². The molecule has 1 aromatic carbocycles. The van der Waals surface area contributed by atoms with Gasteiger partial charge in [0.05, 0.1) is 23.3 Å². The molecule has 0 radical (unpaired) electrons. The van der Waals surface area contributed by atoms with Crippen LogP contribution in [0.15, 0.2) is 48.7 Å². The molecule has 0 unspecified atom stereocenters. The average Bonchev–Trinajstić information content (AvgIpc) is 2.81. The molecule has 4 heteroatoms. The van der Waals surface area contributed by atoms with Gasteiger partial charge in [-0.3, -0.25) is 9.88 Å². The minimum Gasteiger partial charge on any atom is -0.341 e. The summed E-state index contributed by atoms with van der Waals surface area (Å²) in [6.45, 7) is 1.60. The Morgan fingerprint density at radius 1 is 1.05 bits per heavy atom. The zero-order valence-electron chi connectivity index (χ0n) is 10.9. The number of fused-ring (bicyclic) bond motifs is 1. The first-order valence-electron chi connectivity index (χ1n) is 6.33. The predicted octanol–water partition coefficient (Wildman–Crippen LogP) is 2.59. The van der Waals surface area contributed by atoms with Crippen molar-refractivity contribution >= 4 is 11.0 Å². The van der Waals surface area contributed by atoms with E-state index in [0.717, 1.165) is 35.6 Å². The van der Waals surface area contributed by atoms with Gasteiger partial charge in [0.1, 0.15) is 5.82 Å². The molecule has 0 amide bonds. The summed E-state index contributed by atoms with van der Waals surface area (Å²) in [5.74, 6) is 0.986. The number of benzene rings is 1. The Morgan fingerprint density at radius 3 is 2.68 bits per heavy atom. The van der Waals surface area contributed by atoms with E-state index in [1.807, 2.05) is 48.7 Å². The average molecular weight is 252 g/mol. The summed E-state index contributed by atoms with van der Waals surface area (Å²) < 4.78 is 0. The highest BCUT2D eigenvalue weighted by Crippen LogP contribution is 2.12. The highest BCUT2D eigenvalue weighted by molar-refractivity contribution is 5.74. The van der Waals surface area contributed by atoms with Crippen LogP contribution in [-0.2, 0) is 13.1 Å². The lowest BCUT2D eigenvalue weighted by Crippen LogP contribution is -2.18. The molecular weight excluding hydrogens is 236 g/mol. The third-order valence-electron chi connectivity index (χ3n) is 3.02. The molecule has 2 aromatic heterocycles. The van der Waals surface area contributed by atoms with Crippen LogP contribution in [0.1, 0.15) is 11.5 Å². The number of aromatic amines is 1. The second-order valence-electron chi connectivity index (χ2n) is 4.69. The van der Waals surface area contributed by atoms with Crippen LogP contribution in [0.25, 0.3) is 11.0 Å². The normalized spacial score (nSPS) is 11.3. The van der Waals surface area contributed by atoms with E-state index in [9.17, 15) is 0 Å². The summed E-state index contributed by atoms with van der Waals surface area (Å²) in [7, 11) is 2.07. The van der Waals surface area contributed by atoms with E-state index in [1.165, 1.54) is 0 Å². The van der Waals surface area contributed by atoms with Crippen molar-refractivity contribution in [2.75, 3.05) is 7.05 Å². The maximum absolute atomic E-state index is 4.58. The van der Waals surface area contributed by atoms with Crippen molar-refractivity contribution in [3.8, 4) is 0 Å². The Hall–Kier alpha value is -2.20. The van der Waals surface area contributed by atoms with Gasteiger partial charge in [0.15, 0.2) is 0 Å². The Labute approximate surface area is 112 Å². The minimum atomic E-state index is 0.783. The van der Waals surface area contributed by atoms with Gasteiger partial charge in [-0.15, -0.1) is 0 Å². The number of nitrogens with zero attached hydrogens (tertiary/aromatic N) is 3. The molecule has 96 valence electrons. The fourth-order valence-electron chi connectivity index (χ4n) is 2.16. The number of aromatic nitrogens is 3. The molecule has 0 aliphatic rings. The van der Waals surface area contributed by atoms with Crippen LogP contribution >= 0.6 is 0 Å². The number of rotatable bonds is 4. The van der Waals surface area contributed by atoms with Crippen LogP contribution in [0.5, 0.6) is 0 Å². The Morgan fingerprint density at radius 2 is 1.89 bits per heavy atom. The van der Waals surface area contributed by atoms with Crippen LogP contribution in [0.4, 0.5) is 0 Å². The first-order valence-corrected chi connectivity index (χ1v) is 6.33. The highest BCUT2D eigenvalue weighted by atomic mass is 15.1. The van der Waals surface area contributed by atoms with Crippen molar-refractivity contribution in [3.05, 3.63) is 60.2 Å². The van der Waals surface area contributed by atoms with E-state index in [2.05, 4.69) is 26.9 Å². The van der Waals surface area contributed by atoms with Crippen molar-refractivity contribution in [2.45, 2.75) is 13.1 Å². The standard InChI is InChI=1S/C15H16N4/c1-19(10-12-6-4-5-9-16-12)11-15-17-13-7-2-3-8-14(13)18-15/h2-9H,10-11H2,1H3,(H,17,18). The molecule has 3 rings (SSSR count). The van der Waals surface area contributed by atoms with E-state index in [-0.39, 0.29) is 0 Å². The lowest BCUT2D eigenvalue weighted by Gasteiger charge is -2.14. The van der Waals surface area contributed by atoms with Crippen LogP contribution < -0.4 is 0 Å². The molecule has 0 spiro atoms. The molecule has 0 bridgehead atoms. The number of H-pyrrole nitrogens is 1. The van der Waals surface area contributed by atoms with Crippen LogP contribution in [0.2, 0.25) is 0 Å². The Balaban J connectivity index is 1.70. The van der Waals surface area contributed by atoms with Gasteiger partial charge in [-0.1, -0.05) is 18.2 Å². The van der Waals surface area contributed by atoms with Crippen molar-refractivity contribution in [2.24, 2.45) is 0 Å². The SMILES string of the molecule is CN(Cc1ccccn1)Cc1nc2ccccc2[nH]1. The molecule has 0 aliphatic heterocycles. The zero-order chi connectivity index (χ0) is 13.1. The molecule has 0 fully saturated rings. The van der Waals surface area contributed by atoms with Crippen LogP contribution in [0, 0.1) is 0 Å². The lowest BCUT2D eigenvalue weighted by molar-refractivity contribution is 0.308. The molecule has 3 aromatic rings. The van der Waals surface area contributed by atoms with Gasteiger partial charge in [-0.05, 0) is 31.3 Å². The van der Waals surface area contributed by atoms with E-state index < -0.39 is 0 Å². The number of para-hydroxylation sites is 2. The number of hydrogen-bond acceptors (Lipinski definition) is 3. The quantitative estimate of drug-likeness (QED) is 0.776. The maximum Gasteiger partial charge on any atom is 0.121 e. The molecule has 19 heavy (non-hydrogen) atoms. The first kappa shape index (κ1) is 11.9. The summed E-state index contributed by atoms with van der Waals surface area (Å²) in [6.07, 6.45) is 1.82. The Kier molecular flexibility index (Phi) is 3.25. The molecule has 2 heterocycles. The third kappa shape index (κ3) is 2.80. The molecule has 4 nitrogen and oxygen atoms in total. The lowest BCUT2D eigenvalue weighted by atomic mass is 10.3. The van der Waals surface area contributed by atoms with Gasteiger partial charge in [0.25, 0.3) is 0 Å². The highest BCUT2D eigenvalue weighted by Gasteiger charge is 2.06. The number of pyridine rings is 1. The molecule has 0 saturated heterocycles. The fourth-order valence-corrected chi connectivity index (χ4v) is 2.16. The summed E-state index contributed by atoms with van der Waals surface area (Å²) in [6, 6.07) is 14.1. The van der Waals surface area contributed by atoms with Crippen molar-refractivity contribution in [1.82, 2.24) is 19.9 Å². The van der Waals surface area contributed by atoms with Crippen molar-refractivity contribution < 1.29 is 0 Å². The zero-order valence-corrected chi connectivity index (χ0v) is 10.9. The van der Waals surface area contributed by atoms with E-state index in [1.54, 1.807) is 0 Å². The second-order valence-corrected chi connectivity index (χ2v) is 4.69. The van der Waals surface area contributed by atoms with Crippen molar-refractivity contribution in [1.29, 1.82) is 0 Å². The molecule has 0 aliphatic carbocycles. The van der Waals surface area contributed by atoms with Gasteiger partial charge < -0.3 is 4.98 Å². The number of imidazole rings is 1. The van der Waals surface area contributed by atoms with Crippen molar-refractivity contribution in [3.63, 3.8) is 0 Å². The van der Waals surface area contributed by atoms with E-state index in [0.29, 0.717) is 0 Å². The molecule has 0 saturated carbocycles. The predicted molar refractivity (Wildman–Crippen MR) is 75.5 cm³/mol. The maximum atomic E-state index is 4.58. The first-order chi connectivity index (χ1) is 9.31. The summed E-state index contributed by atoms with van der Waals surface area (Å²) in [5.41, 5.74) is 3.17. The van der Waals surface area contributed by atoms with Gasteiger partial charge in [-0.2, -0.15) is 0 Å². The van der Waals surface area contributed by atoms with E-state index in [4.69, 9.17) is 0 Å². The smallest absolute Gasteiger partial charge is 0.121 e. The van der Waals surface area contributed by atoms with Gasteiger partial charge in [-0.25, -0.2) is 4.98 Å². The third-order valence-corrected chi connectivity index (χ3v) is 3.02. The van der Waals surface area contributed by atoms with Gasteiger partial charge >= 0.3 is 0 Å². The summed E-state index contributed by atoms with van der Waals surface area (Å²) in [4.78, 5) is 14.4. The summed E-state index contributed by atoms with van der Waals surface area (Å²) >= 11 is 0.